The van der Waals surface area contributed by atoms with Gasteiger partial charge in [0.25, 0.3) is 0 Å². The Balaban J connectivity index is 1.64. The van der Waals surface area contributed by atoms with E-state index in [1.807, 2.05) is 95.0 Å². The van der Waals surface area contributed by atoms with Crippen LogP contribution in [-0.4, -0.2) is 17.0 Å². The van der Waals surface area contributed by atoms with E-state index in [9.17, 15) is 0 Å². The smallest absolute Gasteiger partial charge is 0.207 e. The van der Waals surface area contributed by atoms with E-state index in [2.05, 4.69) is 18.1 Å². The highest BCUT2D eigenvalue weighted by Gasteiger charge is 2.31. The molecule has 0 aliphatic carbocycles. The monoisotopic (exact) mass is 397 g/mol. The first-order valence-electron chi connectivity index (χ1n) is 9.36. The van der Waals surface area contributed by atoms with Crippen LogP contribution in [0.5, 0.6) is 0 Å². The molecule has 0 radical (unpaired) electrons. The summed E-state index contributed by atoms with van der Waals surface area (Å²) in [6.45, 7) is 4.07. The van der Waals surface area contributed by atoms with Gasteiger partial charge in [0, 0.05) is 5.56 Å². The lowest BCUT2D eigenvalue weighted by Gasteiger charge is -2.41. The van der Waals surface area contributed by atoms with Gasteiger partial charge in [-0.25, -0.2) is 15.0 Å². The van der Waals surface area contributed by atoms with Gasteiger partial charge >= 0.3 is 0 Å². The summed E-state index contributed by atoms with van der Waals surface area (Å²) in [5, 5.41) is 9.77. The predicted octanol–water partition coefficient (Wildman–Crippen LogP) is 5.00. The fourth-order valence-electron chi connectivity index (χ4n) is 3.32. The molecule has 6 heteroatoms. The normalized spacial score (nSPS) is 16.4. The van der Waals surface area contributed by atoms with Crippen molar-refractivity contribution in [3.8, 4) is 0 Å². The number of anilines is 2. The van der Waals surface area contributed by atoms with Gasteiger partial charge in [-0.3, -0.25) is 5.43 Å². The molecule has 1 aromatic heterocycles. The van der Waals surface area contributed by atoms with Crippen LogP contribution in [0.3, 0.4) is 0 Å². The van der Waals surface area contributed by atoms with E-state index >= 15 is 0 Å². The molecule has 0 amide bonds. The number of hydrazone groups is 1. The first-order chi connectivity index (χ1) is 14.3. The van der Waals surface area contributed by atoms with Gasteiger partial charge in [-0.15, -0.1) is 0 Å². The Labute approximate surface area is 173 Å². The van der Waals surface area contributed by atoms with Crippen LogP contribution in [0.2, 0.25) is 0 Å². The van der Waals surface area contributed by atoms with Crippen LogP contribution in [0.25, 0.3) is 10.2 Å². The molecule has 1 aliphatic heterocycles. The number of hydrogen-bond acceptors (Lipinski definition) is 6. The van der Waals surface area contributed by atoms with Crippen LogP contribution in [0.15, 0.2) is 103 Å². The fraction of sp³-hybridized carbons (Fsp3) is 0.0435. The minimum Gasteiger partial charge on any atom is -0.275 e. The Hall–Kier alpha value is -3.64. The molecule has 5 nitrogen and oxygen atoms in total. The Morgan fingerprint density at radius 1 is 0.897 bits per heavy atom. The second kappa shape index (κ2) is 7.41. The summed E-state index contributed by atoms with van der Waals surface area (Å²) in [6.07, 6.45) is 1.64. The highest BCUT2D eigenvalue weighted by atomic mass is 32.1. The van der Waals surface area contributed by atoms with Gasteiger partial charge < -0.3 is 0 Å². The number of nitrogens with one attached hydrogen (secondary N) is 1. The number of hydrazine groups is 1. The van der Waals surface area contributed by atoms with Crippen molar-refractivity contribution in [2.75, 3.05) is 10.0 Å². The zero-order valence-corrected chi connectivity index (χ0v) is 16.5. The van der Waals surface area contributed by atoms with E-state index in [-0.39, 0.29) is 6.17 Å². The Morgan fingerprint density at radius 3 is 2.31 bits per heavy atom. The lowest BCUT2D eigenvalue weighted by atomic mass is 10.2. The van der Waals surface area contributed by atoms with Gasteiger partial charge in [0.1, 0.15) is 0 Å². The van der Waals surface area contributed by atoms with Gasteiger partial charge in [0.15, 0.2) is 12.0 Å². The van der Waals surface area contributed by atoms with E-state index in [1.54, 1.807) is 11.3 Å². The average molecular weight is 398 g/mol. The minimum atomic E-state index is -0.231. The maximum atomic E-state index is 4.91. The summed E-state index contributed by atoms with van der Waals surface area (Å²) in [5.41, 5.74) is 6.43. The SMILES string of the molecule is C=CC1N(c2ccccc2)N=C(c2ccccc2)NN1c1nc2ccccc2s1. The van der Waals surface area contributed by atoms with Gasteiger partial charge in [-0.2, -0.15) is 5.10 Å². The highest BCUT2D eigenvalue weighted by Crippen LogP contribution is 2.32. The van der Waals surface area contributed by atoms with Crippen molar-refractivity contribution in [3.63, 3.8) is 0 Å². The Morgan fingerprint density at radius 2 is 1.59 bits per heavy atom. The summed E-state index contributed by atoms with van der Waals surface area (Å²) < 4.78 is 1.14. The molecule has 29 heavy (non-hydrogen) atoms. The number of para-hydroxylation sites is 2. The van der Waals surface area contributed by atoms with Gasteiger partial charge in [0.2, 0.25) is 5.13 Å². The second-order valence-electron chi connectivity index (χ2n) is 6.59. The van der Waals surface area contributed by atoms with E-state index in [0.29, 0.717) is 0 Å². The van der Waals surface area contributed by atoms with Crippen molar-refractivity contribution in [1.82, 2.24) is 10.4 Å². The standard InChI is InChI=1S/C23H19N5S/c1-2-21-27(18-13-7-4-8-14-18)25-22(17-11-5-3-6-12-17)26-28(21)23-24-19-15-9-10-16-20(19)29-23/h2-16,21H,1H2,(H,25,26). The molecular weight excluding hydrogens is 378 g/mol. The molecule has 5 rings (SSSR count). The maximum Gasteiger partial charge on any atom is 0.207 e. The summed E-state index contributed by atoms with van der Waals surface area (Å²) in [5.74, 6) is 0.756. The van der Waals surface area contributed by atoms with Crippen LogP contribution >= 0.6 is 11.3 Å². The number of amidine groups is 1. The summed E-state index contributed by atoms with van der Waals surface area (Å²) in [7, 11) is 0. The number of rotatable bonds is 4. The first kappa shape index (κ1) is 17.5. The van der Waals surface area contributed by atoms with Crippen LogP contribution in [-0.2, 0) is 0 Å². The molecule has 3 aromatic carbocycles. The number of hydrogen-bond donors (Lipinski definition) is 1. The van der Waals surface area contributed by atoms with Crippen LogP contribution < -0.4 is 15.4 Å². The van der Waals surface area contributed by atoms with Crippen LogP contribution in [0.1, 0.15) is 5.56 Å². The van der Waals surface area contributed by atoms with Crippen LogP contribution in [0.4, 0.5) is 10.8 Å². The molecule has 142 valence electrons. The lowest BCUT2D eigenvalue weighted by molar-refractivity contribution is 0.591. The van der Waals surface area contributed by atoms with Crippen molar-refractivity contribution in [2.24, 2.45) is 5.10 Å². The largest absolute Gasteiger partial charge is 0.275 e. The topological polar surface area (TPSA) is 43.8 Å². The zero-order valence-electron chi connectivity index (χ0n) is 15.6. The number of fused-ring (bicyclic) bond motifs is 1. The molecule has 1 aliphatic rings. The van der Waals surface area contributed by atoms with Crippen LogP contribution in [0, 0.1) is 0 Å². The third-order valence-corrected chi connectivity index (χ3v) is 5.75. The molecular formula is C23H19N5S. The predicted molar refractivity (Wildman–Crippen MR) is 121 cm³/mol. The minimum absolute atomic E-state index is 0.231. The third kappa shape index (κ3) is 3.23. The molecule has 1 N–H and O–H groups in total. The number of benzene rings is 3. The third-order valence-electron chi connectivity index (χ3n) is 4.72. The van der Waals surface area contributed by atoms with Crippen molar-refractivity contribution in [1.29, 1.82) is 0 Å². The van der Waals surface area contributed by atoms with E-state index in [4.69, 9.17) is 10.1 Å². The first-order valence-corrected chi connectivity index (χ1v) is 10.2. The van der Waals surface area contributed by atoms with Gasteiger partial charge in [-0.05, 0) is 30.3 Å². The highest BCUT2D eigenvalue weighted by molar-refractivity contribution is 7.22. The quantitative estimate of drug-likeness (QED) is 0.492. The molecule has 1 atom stereocenters. The van der Waals surface area contributed by atoms with E-state index in [0.717, 1.165) is 32.4 Å². The van der Waals surface area contributed by atoms with Crippen molar-refractivity contribution < 1.29 is 0 Å². The molecule has 0 bridgehead atoms. The maximum absolute atomic E-state index is 4.91. The number of thiazole rings is 1. The van der Waals surface area contributed by atoms with Crippen molar-refractivity contribution >= 4 is 38.2 Å². The molecule has 0 saturated heterocycles. The molecule has 1 unspecified atom stereocenters. The number of aromatic nitrogens is 1. The molecule has 0 spiro atoms. The van der Waals surface area contributed by atoms with Gasteiger partial charge in [-0.1, -0.05) is 78.6 Å². The fourth-order valence-corrected chi connectivity index (χ4v) is 4.28. The summed E-state index contributed by atoms with van der Waals surface area (Å²) >= 11 is 1.64. The molecule has 4 aromatic rings. The van der Waals surface area contributed by atoms with E-state index in [1.165, 1.54) is 0 Å². The summed E-state index contributed by atoms with van der Waals surface area (Å²) in [4.78, 5) is 4.84. The Bertz CT molecular complexity index is 1140. The van der Waals surface area contributed by atoms with E-state index < -0.39 is 0 Å². The molecule has 2 heterocycles. The number of nitrogens with zero attached hydrogens (tertiary/aromatic N) is 4. The zero-order chi connectivity index (χ0) is 19.6. The van der Waals surface area contributed by atoms with Gasteiger partial charge in [0.05, 0.1) is 15.9 Å². The Kier molecular flexibility index (Phi) is 4.46. The molecule has 0 saturated carbocycles. The van der Waals surface area contributed by atoms with Crippen molar-refractivity contribution in [3.05, 3.63) is 103 Å². The lowest BCUT2D eigenvalue weighted by Crippen LogP contribution is -2.59. The average Bonchev–Trinajstić information content (AvgIpc) is 3.23. The summed E-state index contributed by atoms with van der Waals surface area (Å²) in [6, 6.07) is 28.4. The van der Waals surface area contributed by atoms with Crippen molar-refractivity contribution in [2.45, 2.75) is 6.17 Å². The second-order valence-corrected chi connectivity index (χ2v) is 7.60. The molecule has 0 fully saturated rings.